The molecule has 0 aliphatic carbocycles. The van der Waals surface area contributed by atoms with Crippen molar-refractivity contribution < 1.29 is 14.2 Å². The summed E-state index contributed by atoms with van der Waals surface area (Å²) in [4.78, 5) is 0. The maximum Gasteiger partial charge on any atom is 0.161 e. The van der Waals surface area contributed by atoms with Crippen molar-refractivity contribution in [2.45, 2.75) is 13.2 Å². The highest BCUT2D eigenvalue weighted by molar-refractivity contribution is 6.30. The Morgan fingerprint density at radius 2 is 1.83 bits per heavy atom. The van der Waals surface area contributed by atoms with Crippen molar-refractivity contribution in [3.8, 4) is 11.5 Å². The molecule has 0 heterocycles. The van der Waals surface area contributed by atoms with Gasteiger partial charge in [-0.25, -0.2) is 0 Å². The zero-order valence-electron chi connectivity index (χ0n) is 13.9. The van der Waals surface area contributed by atoms with E-state index in [9.17, 15) is 0 Å². The predicted octanol–water partition coefficient (Wildman–Crippen LogP) is 4.09. The summed E-state index contributed by atoms with van der Waals surface area (Å²) in [5.74, 6) is 1.44. The molecule has 0 aliphatic heterocycles. The molecule has 0 bridgehead atoms. The molecule has 4 nitrogen and oxygen atoms in total. The Labute approximate surface area is 154 Å². The zero-order valence-corrected chi connectivity index (χ0v) is 15.5. The molecule has 0 unspecified atom stereocenters. The molecule has 0 amide bonds. The molecule has 6 heteroatoms. The van der Waals surface area contributed by atoms with Crippen molar-refractivity contribution in [3.05, 3.63) is 58.6 Å². The van der Waals surface area contributed by atoms with Crippen LogP contribution >= 0.6 is 24.0 Å². The van der Waals surface area contributed by atoms with Gasteiger partial charge in [0.15, 0.2) is 11.5 Å². The molecular weight excluding hydrogens is 349 g/mol. The lowest BCUT2D eigenvalue weighted by atomic mass is 10.2. The molecule has 0 radical (unpaired) electrons. The minimum atomic E-state index is 0. The molecule has 0 saturated heterocycles. The first kappa shape index (κ1) is 20.6. The van der Waals surface area contributed by atoms with Crippen LogP contribution in [-0.2, 0) is 17.9 Å². The van der Waals surface area contributed by atoms with Gasteiger partial charge in [-0.2, -0.15) is 0 Å². The van der Waals surface area contributed by atoms with Gasteiger partial charge in [0, 0.05) is 25.2 Å². The van der Waals surface area contributed by atoms with Crippen LogP contribution < -0.4 is 14.8 Å². The van der Waals surface area contributed by atoms with Gasteiger partial charge in [-0.3, -0.25) is 0 Å². The van der Waals surface area contributed by atoms with Crippen LogP contribution in [0.3, 0.4) is 0 Å². The fourth-order valence-electron chi connectivity index (χ4n) is 2.14. The van der Waals surface area contributed by atoms with Crippen LogP contribution in [0.4, 0.5) is 0 Å². The molecule has 2 aromatic carbocycles. The molecule has 0 saturated carbocycles. The van der Waals surface area contributed by atoms with Crippen LogP contribution in [0.2, 0.25) is 5.02 Å². The van der Waals surface area contributed by atoms with Gasteiger partial charge < -0.3 is 19.5 Å². The molecule has 0 atom stereocenters. The first-order valence-electron chi connectivity index (χ1n) is 7.46. The van der Waals surface area contributed by atoms with E-state index in [1.807, 2.05) is 42.5 Å². The first-order chi connectivity index (χ1) is 11.2. The topological polar surface area (TPSA) is 39.7 Å². The van der Waals surface area contributed by atoms with E-state index >= 15 is 0 Å². The molecule has 0 aromatic heterocycles. The summed E-state index contributed by atoms with van der Waals surface area (Å²) in [6, 6.07) is 13.6. The molecule has 0 spiro atoms. The van der Waals surface area contributed by atoms with Crippen molar-refractivity contribution in [2.75, 3.05) is 27.4 Å². The first-order valence-corrected chi connectivity index (χ1v) is 7.84. The van der Waals surface area contributed by atoms with E-state index in [2.05, 4.69) is 5.32 Å². The summed E-state index contributed by atoms with van der Waals surface area (Å²) in [6.07, 6.45) is 0. The van der Waals surface area contributed by atoms with Crippen LogP contribution in [-0.4, -0.2) is 27.4 Å². The number of methoxy groups -OCH3 is 2. The standard InChI is InChI=1S/C18H22ClNO3.ClH/c1-21-9-8-20-12-14-6-7-17(18(11-14)22-2)23-13-15-4-3-5-16(19)10-15;/h3-7,10-11,20H,8-9,12-13H2,1-2H3;1H. The number of nitrogens with one attached hydrogen (secondary N) is 1. The highest BCUT2D eigenvalue weighted by Crippen LogP contribution is 2.29. The van der Waals surface area contributed by atoms with E-state index in [-0.39, 0.29) is 12.4 Å². The molecule has 2 aromatic rings. The summed E-state index contributed by atoms with van der Waals surface area (Å²) in [7, 11) is 3.33. The van der Waals surface area contributed by atoms with Crippen LogP contribution in [0.1, 0.15) is 11.1 Å². The van der Waals surface area contributed by atoms with Gasteiger partial charge in [0.2, 0.25) is 0 Å². The molecule has 24 heavy (non-hydrogen) atoms. The predicted molar refractivity (Wildman–Crippen MR) is 99.6 cm³/mol. The van der Waals surface area contributed by atoms with Crippen molar-refractivity contribution in [2.24, 2.45) is 0 Å². The second-order valence-electron chi connectivity index (χ2n) is 5.07. The summed E-state index contributed by atoms with van der Waals surface area (Å²) in [6.45, 7) is 2.71. The number of hydrogen-bond acceptors (Lipinski definition) is 4. The van der Waals surface area contributed by atoms with Gasteiger partial charge in [-0.1, -0.05) is 29.8 Å². The average Bonchev–Trinajstić information content (AvgIpc) is 2.57. The fraction of sp³-hybridized carbons (Fsp3) is 0.333. The van der Waals surface area contributed by atoms with Gasteiger partial charge in [-0.05, 0) is 35.4 Å². The lowest BCUT2D eigenvalue weighted by Gasteiger charge is -2.13. The normalized spacial score (nSPS) is 10.1. The highest BCUT2D eigenvalue weighted by atomic mass is 35.5. The van der Waals surface area contributed by atoms with Crippen molar-refractivity contribution in [1.82, 2.24) is 5.32 Å². The van der Waals surface area contributed by atoms with Gasteiger partial charge >= 0.3 is 0 Å². The fourth-order valence-corrected chi connectivity index (χ4v) is 2.35. The van der Waals surface area contributed by atoms with Crippen molar-refractivity contribution in [1.29, 1.82) is 0 Å². The number of hydrogen-bond donors (Lipinski definition) is 1. The van der Waals surface area contributed by atoms with E-state index in [0.717, 1.165) is 30.0 Å². The Morgan fingerprint density at radius 1 is 1.00 bits per heavy atom. The quantitative estimate of drug-likeness (QED) is 0.674. The molecule has 0 aliphatic rings. The maximum atomic E-state index is 5.98. The van der Waals surface area contributed by atoms with Gasteiger partial charge in [0.25, 0.3) is 0 Å². The molecule has 2 rings (SSSR count). The molecular formula is C18H23Cl2NO3. The third kappa shape index (κ3) is 6.57. The van der Waals surface area contributed by atoms with Crippen LogP contribution in [0.15, 0.2) is 42.5 Å². The minimum Gasteiger partial charge on any atom is -0.493 e. The minimum absolute atomic E-state index is 0. The number of rotatable bonds is 9. The second kappa shape index (κ2) is 11.2. The third-order valence-corrected chi connectivity index (χ3v) is 3.56. The third-order valence-electron chi connectivity index (χ3n) is 3.32. The number of halogens is 2. The smallest absolute Gasteiger partial charge is 0.161 e. The Balaban J connectivity index is 0.00000288. The van der Waals surface area contributed by atoms with Crippen LogP contribution in [0.25, 0.3) is 0 Å². The second-order valence-corrected chi connectivity index (χ2v) is 5.51. The van der Waals surface area contributed by atoms with Gasteiger partial charge in [-0.15, -0.1) is 12.4 Å². The van der Waals surface area contributed by atoms with Gasteiger partial charge in [0.05, 0.1) is 13.7 Å². The molecule has 1 N–H and O–H groups in total. The Hall–Kier alpha value is -1.46. The Morgan fingerprint density at radius 3 is 2.54 bits per heavy atom. The Kier molecular flexibility index (Phi) is 9.57. The summed E-state index contributed by atoms with van der Waals surface area (Å²) >= 11 is 5.98. The molecule has 0 fully saturated rings. The lowest BCUT2D eigenvalue weighted by Crippen LogP contribution is -2.18. The van der Waals surface area contributed by atoms with E-state index in [1.165, 1.54) is 0 Å². The largest absolute Gasteiger partial charge is 0.493 e. The summed E-state index contributed by atoms with van der Waals surface area (Å²) in [5, 5.41) is 4.01. The van der Waals surface area contributed by atoms with E-state index in [0.29, 0.717) is 24.0 Å². The van der Waals surface area contributed by atoms with E-state index in [1.54, 1.807) is 14.2 Å². The maximum absolute atomic E-state index is 5.98. The molecule has 132 valence electrons. The summed E-state index contributed by atoms with van der Waals surface area (Å²) < 4.78 is 16.3. The number of ether oxygens (including phenoxy) is 3. The SMILES string of the molecule is COCCNCc1ccc(OCc2cccc(Cl)c2)c(OC)c1.Cl. The number of benzene rings is 2. The lowest BCUT2D eigenvalue weighted by molar-refractivity contribution is 0.199. The van der Waals surface area contributed by atoms with Crippen LogP contribution in [0.5, 0.6) is 11.5 Å². The monoisotopic (exact) mass is 371 g/mol. The Bertz CT molecular complexity index is 623. The van der Waals surface area contributed by atoms with Crippen molar-refractivity contribution >= 4 is 24.0 Å². The van der Waals surface area contributed by atoms with Gasteiger partial charge in [0.1, 0.15) is 6.61 Å². The highest BCUT2D eigenvalue weighted by Gasteiger charge is 2.06. The van der Waals surface area contributed by atoms with Crippen LogP contribution in [0, 0.1) is 0 Å². The van der Waals surface area contributed by atoms with E-state index in [4.69, 9.17) is 25.8 Å². The average molecular weight is 372 g/mol. The van der Waals surface area contributed by atoms with E-state index < -0.39 is 0 Å². The summed E-state index contributed by atoms with van der Waals surface area (Å²) in [5.41, 5.74) is 2.15. The van der Waals surface area contributed by atoms with Crippen molar-refractivity contribution in [3.63, 3.8) is 0 Å². The zero-order chi connectivity index (χ0) is 16.5.